The Morgan fingerprint density at radius 2 is 1.71 bits per heavy atom. The van der Waals surface area contributed by atoms with E-state index in [1.54, 1.807) is 42.7 Å². The maximum atomic E-state index is 12.5. The summed E-state index contributed by atoms with van der Waals surface area (Å²) in [4.78, 5) is 20.9. The normalized spacial score (nSPS) is 13.3. The predicted molar refractivity (Wildman–Crippen MR) is 89.5 cm³/mol. The summed E-state index contributed by atoms with van der Waals surface area (Å²) in [5.41, 5.74) is 2.69. The molecule has 0 saturated heterocycles. The zero-order valence-corrected chi connectivity index (χ0v) is 12.9. The van der Waals surface area contributed by atoms with Crippen molar-refractivity contribution in [2.45, 2.75) is 6.42 Å². The van der Waals surface area contributed by atoms with Crippen LogP contribution < -0.4 is 14.8 Å². The van der Waals surface area contributed by atoms with Crippen LogP contribution in [0, 0.1) is 0 Å². The number of hydrogen-bond donors (Lipinski definition) is 1. The van der Waals surface area contributed by atoms with Crippen molar-refractivity contribution in [2.75, 3.05) is 18.5 Å². The number of fused-ring (bicyclic) bond motifs is 2. The van der Waals surface area contributed by atoms with Gasteiger partial charge in [-0.2, -0.15) is 0 Å². The maximum Gasteiger partial charge on any atom is 0.255 e. The van der Waals surface area contributed by atoms with Gasteiger partial charge in [0.2, 0.25) is 0 Å². The van der Waals surface area contributed by atoms with Crippen molar-refractivity contribution in [3.05, 3.63) is 54.4 Å². The van der Waals surface area contributed by atoms with E-state index in [1.165, 1.54) is 0 Å². The van der Waals surface area contributed by atoms with Gasteiger partial charge in [-0.3, -0.25) is 14.8 Å². The van der Waals surface area contributed by atoms with Gasteiger partial charge >= 0.3 is 0 Å². The molecule has 2 heterocycles. The lowest BCUT2D eigenvalue weighted by atomic mass is 10.1. The third-order valence-electron chi connectivity index (χ3n) is 3.74. The molecule has 120 valence electrons. The minimum Gasteiger partial charge on any atom is -0.490 e. The van der Waals surface area contributed by atoms with Crippen LogP contribution >= 0.6 is 0 Å². The minimum absolute atomic E-state index is 0.214. The van der Waals surface area contributed by atoms with Crippen molar-refractivity contribution >= 4 is 22.6 Å². The molecule has 4 rings (SSSR count). The highest BCUT2D eigenvalue weighted by molar-refractivity contribution is 6.05. The highest BCUT2D eigenvalue weighted by Gasteiger charge is 2.14. The summed E-state index contributed by atoms with van der Waals surface area (Å²) in [5.74, 6) is 1.06. The Kier molecular flexibility index (Phi) is 3.70. The molecule has 2 aromatic carbocycles. The molecule has 1 N–H and O–H groups in total. The summed E-state index contributed by atoms with van der Waals surface area (Å²) in [6.45, 7) is 1.21. The molecule has 0 atom stereocenters. The molecule has 1 aromatic heterocycles. The quantitative estimate of drug-likeness (QED) is 0.785. The van der Waals surface area contributed by atoms with Gasteiger partial charge < -0.3 is 14.8 Å². The number of benzene rings is 2. The topological polar surface area (TPSA) is 73.3 Å². The zero-order chi connectivity index (χ0) is 16.4. The smallest absolute Gasteiger partial charge is 0.255 e. The van der Waals surface area contributed by atoms with Crippen LogP contribution in [0.2, 0.25) is 0 Å². The molecule has 0 bridgehead atoms. The SMILES string of the molecule is O=C(Nc1ccc2nccnc2c1)c1ccc2c(c1)OCCCO2. The average molecular weight is 321 g/mol. The summed E-state index contributed by atoms with van der Waals surface area (Å²) in [7, 11) is 0. The lowest BCUT2D eigenvalue weighted by Gasteiger charge is -2.10. The molecule has 0 fully saturated rings. The van der Waals surface area contributed by atoms with Crippen LogP contribution in [0.1, 0.15) is 16.8 Å². The summed E-state index contributed by atoms with van der Waals surface area (Å²) in [5, 5.41) is 2.87. The largest absolute Gasteiger partial charge is 0.490 e. The van der Waals surface area contributed by atoms with E-state index in [0.717, 1.165) is 17.5 Å². The molecule has 0 unspecified atom stereocenters. The zero-order valence-electron chi connectivity index (χ0n) is 12.9. The Morgan fingerprint density at radius 3 is 2.58 bits per heavy atom. The Balaban J connectivity index is 1.58. The van der Waals surface area contributed by atoms with E-state index in [0.29, 0.717) is 36.0 Å². The van der Waals surface area contributed by atoms with Crippen LogP contribution in [-0.2, 0) is 0 Å². The predicted octanol–water partition coefficient (Wildman–Crippen LogP) is 3.04. The molecule has 6 nitrogen and oxygen atoms in total. The van der Waals surface area contributed by atoms with Gasteiger partial charge in [-0.25, -0.2) is 0 Å². The number of hydrogen-bond acceptors (Lipinski definition) is 5. The van der Waals surface area contributed by atoms with Crippen LogP contribution in [0.5, 0.6) is 11.5 Å². The molecule has 3 aromatic rings. The number of nitrogens with zero attached hydrogens (tertiary/aromatic N) is 2. The fraction of sp³-hybridized carbons (Fsp3) is 0.167. The maximum absolute atomic E-state index is 12.5. The number of amides is 1. The Morgan fingerprint density at radius 1 is 0.917 bits per heavy atom. The molecule has 1 aliphatic rings. The first-order valence-corrected chi connectivity index (χ1v) is 7.71. The third-order valence-corrected chi connectivity index (χ3v) is 3.74. The summed E-state index contributed by atoms with van der Waals surface area (Å²) >= 11 is 0. The van der Waals surface area contributed by atoms with Crippen molar-refractivity contribution in [3.63, 3.8) is 0 Å². The van der Waals surface area contributed by atoms with E-state index in [9.17, 15) is 4.79 Å². The second kappa shape index (κ2) is 6.16. The molecular weight excluding hydrogens is 306 g/mol. The first-order chi connectivity index (χ1) is 11.8. The van der Waals surface area contributed by atoms with Gasteiger partial charge in [-0.05, 0) is 36.4 Å². The van der Waals surface area contributed by atoms with Crippen molar-refractivity contribution in [1.29, 1.82) is 0 Å². The summed E-state index contributed by atoms with van der Waals surface area (Å²) < 4.78 is 11.2. The molecule has 24 heavy (non-hydrogen) atoms. The van der Waals surface area contributed by atoms with Crippen LogP contribution in [0.3, 0.4) is 0 Å². The fourth-order valence-corrected chi connectivity index (χ4v) is 2.55. The van der Waals surface area contributed by atoms with Gasteiger partial charge in [0, 0.05) is 30.1 Å². The Labute approximate surface area is 138 Å². The summed E-state index contributed by atoms with van der Waals surface area (Å²) in [6.07, 6.45) is 4.09. The molecule has 0 radical (unpaired) electrons. The number of carbonyl (C=O) groups is 1. The molecule has 0 saturated carbocycles. The van der Waals surface area contributed by atoms with E-state index in [-0.39, 0.29) is 5.91 Å². The van der Waals surface area contributed by atoms with E-state index in [1.807, 2.05) is 6.07 Å². The van der Waals surface area contributed by atoms with Gasteiger partial charge in [-0.1, -0.05) is 0 Å². The number of rotatable bonds is 2. The van der Waals surface area contributed by atoms with Crippen LogP contribution in [0.15, 0.2) is 48.8 Å². The van der Waals surface area contributed by atoms with Gasteiger partial charge in [0.25, 0.3) is 5.91 Å². The number of carbonyl (C=O) groups excluding carboxylic acids is 1. The molecule has 6 heteroatoms. The number of anilines is 1. The Bertz CT molecular complexity index is 911. The van der Waals surface area contributed by atoms with Crippen LogP contribution in [0.4, 0.5) is 5.69 Å². The van der Waals surface area contributed by atoms with E-state index in [4.69, 9.17) is 9.47 Å². The number of nitrogens with one attached hydrogen (secondary N) is 1. The van der Waals surface area contributed by atoms with Gasteiger partial charge in [0.05, 0.1) is 24.2 Å². The first kappa shape index (κ1) is 14.4. The van der Waals surface area contributed by atoms with E-state index < -0.39 is 0 Å². The highest BCUT2D eigenvalue weighted by Crippen LogP contribution is 2.30. The van der Waals surface area contributed by atoms with E-state index in [2.05, 4.69) is 15.3 Å². The monoisotopic (exact) mass is 321 g/mol. The highest BCUT2D eigenvalue weighted by atomic mass is 16.5. The van der Waals surface area contributed by atoms with Crippen molar-refractivity contribution in [1.82, 2.24) is 9.97 Å². The third kappa shape index (κ3) is 2.86. The van der Waals surface area contributed by atoms with E-state index >= 15 is 0 Å². The van der Waals surface area contributed by atoms with Crippen molar-refractivity contribution in [3.8, 4) is 11.5 Å². The second-order valence-electron chi connectivity index (χ2n) is 5.43. The standard InChI is InChI=1S/C18H15N3O3/c22-18(12-2-5-16-17(10-12)24-9-1-8-23-16)21-13-3-4-14-15(11-13)20-7-6-19-14/h2-7,10-11H,1,8-9H2,(H,21,22). The average Bonchev–Trinajstić information content (AvgIpc) is 2.86. The van der Waals surface area contributed by atoms with Crippen molar-refractivity contribution < 1.29 is 14.3 Å². The fourth-order valence-electron chi connectivity index (χ4n) is 2.55. The van der Waals surface area contributed by atoms with Gasteiger partial charge in [-0.15, -0.1) is 0 Å². The minimum atomic E-state index is -0.214. The summed E-state index contributed by atoms with van der Waals surface area (Å²) in [6, 6.07) is 10.6. The molecular formula is C18H15N3O3. The van der Waals surface area contributed by atoms with Crippen molar-refractivity contribution in [2.24, 2.45) is 0 Å². The van der Waals surface area contributed by atoms with Crippen LogP contribution in [-0.4, -0.2) is 29.1 Å². The Hall–Kier alpha value is -3.15. The van der Waals surface area contributed by atoms with Gasteiger partial charge in [0.1, 0.15) is 0 Å². The number of aromatic nitrogens is 2. The number of ether oxygens (including phenoxy) is 2. The van der Waals surface area contributed by atoms with Crippen LogP contribution in [0.25, 0.3) is 11.0 Å². The molecule has 0 aliphatic carbocycles. The lowest BCUT2D eigenvalue weighted by molar-refractivity contribution is 0.102. The van der Waals surface area contributed by atoms with Gasteiger partial charge in [0.15, 0.2) is 11.5 Å². The second-order valence-corrected chi connectivity index (χ2v) is 5.43. The lowest BCUT2D eigenvalue weighted by Crippen LogP contribution is -2.12. The molecule has 0 spiro atoms. The molecule has 1 aliphatic heterocycles. The first-order valence-electron chi connectivity index (χ1n) is 7.71. The molecule has 1 amide bonds.